The van der Waals surface area contributed by atoms with Crippen LogP contribution in [0.3, 0.4) is 0 Å². The van der Waals surface area contributed by atoms with Crippen molar-refractivity contribution in [1.82, 2.24) is 9.88 Å². The highest BCUT2D eigenvalue weighted by molar-refractivity contribution is 9.10. The van der Waals surface area contributed by atoms with Crippen LogP contribution in [0.15, 0.2) is 95.9 Å². The number of ketones is 1. The molecule has 0 bridgehead atoms. The fraction of sp³-hybridized carbons (Fsp3) is 0.0800. The summed E-state index contributed by atoms with van der Waals surface area (Å²) in [6.07, 6.45) is 3.96. The van der Waals surface area contributed by atoms with E-state index >= 15 is 0 Å². The van der Waals surface area contributed by atoms with Crippen LogP contribution in [-0.2, 0) is 6.54 Å². The summed E-state index contributed by atoms with van der Waals surface area (Å²) in [4.78, 5) is 13.4. The Labute approximate surface area is 178 Å². The second-order valence-corrected chi connectivity index (χ2v) is 7.89. The van der Waals surface area contributed by atoms with E-state index in [1.807, 2.05) is 66.5 Å². The van der Waals surface area contributed by atoms with E-state index in [9.17, 15) is 4.79 Å². The molecular weight excluding hydrogens is 424 g/mol. The van der Waals surface area contributed by atoms with E-state index in [4.69, 9.17) is 0 Å². The molecule has 144 valence electrons. The fourth-order valence-electron chi connectivity index (χ4n) is 3.54. The third-order valence-electron chi connectivity index (χ3n) is 5.02. The standard InChI is InChI=1S/C25H21BrN2O/c1-17(27-2)14-28-15-23(22-12-6-8-18-7-3-4-11-21(18)22)24(16-28)25(29)19-9-5-10-20(26)13-19/h3-13,15-16,27H,1,14H2,2H3. The average molecular weight is 445 g/mol. The molecule has 0 saturated carbocycles. The second-order valence-electron chi connectivity index (χ2n) is 6.98. The number of benzene rings is 3. The molecule has 29 heavy (non-hydrogen) atoms. The van der Waals surface area contributed by atoms with Crippen LogP contribution in [0.2, 0.25) is 0 Å². The van der Waals surface area contributed by atoms with Crippen molar-refractivity contribution in [2.75, 3.05) is 7.05 Å². The van der Waals surface area contributed by atoms with Crippen LogP contribution < -0.4 is 5.32 Å². The number of rotatable bonds is 6. The highest BCUT2D eigenvalue weighted by Gasteiger charge is 2.19. The van der Waals surface area contributed by atoms with Crippen LogP contribution in [0.4, 0.5) is 0 Å². The maximum absolute atomic E-state index is 13.4. The van der Waals surface area contributed by atoms with Gasteiger partial charge in [-0.25, -0.2) is 0 Å². The van der Waals surface area contributed by atoms with Gasteiger partial charge in [0, 0.05) is 46.3 Å². The first-order valence-electron chi connectivity index (χ1n) is 9.40. The van der Waals surface area contributed by atoms with E-state index in [1.54, 1.807) is 0 Å². The third-order valence-corrected chi connectivity index (χ3v) is 5.51. The maximum atomic E-state index is 13.4. The fourth-order valence-corrected chi connectivity index (χ4v) is 3.94. The number of carbonyl (C=O) groups excluding carboxylic acids is 1. The van der Waals surface area contributed by atoms with Gasteiger partial charge in [0.15, 0.2) is 5.78 Å². The van der Waals surface area contributed by atoms with E-state index in [1.165, 1.54) is 0 Å². The van der Waals surface area contributed by atoms with Crippen molar-refractivity contribution in [3.05, 3.63) is 107 Å². The number of likely N-dealkylation sites (N-methyl/N-ethyl adjacent to an activating group) is 1. The number of hydrogen-bond acceptors (Lipinski definition) is 2. The molecular formula is C25H21BrN2O. The van der Waals surface area contributed by atoms with Gasteiger partial charge in [0.05, 0.1) is 6.54 Å². The first-order valence-corrected chi connectivity index (χ1v) is 10.2. The summed E-state index contributed by atoms with van der Waals surface area (Å²) < 4.78 is 2.90. The molecule has 1 heterocycles. The lowest BCUT2D eigenvalue weighted by atomic mass is 9.94. The SMILES string of the molecule is C=C(Cn1cc(C(=O)c2cccc(Br)c2)c(-c2cccc3ccccc23)c1)NC. The monoisotopic (exact) mass is 444 g/mol. The molecule has 0 spiro atoms. The second kappa shape index (κ2) is 8.10. The summed E-state index contributed by atoms with van der Waals surface area (Å²) in [5.41, 5.74) is 4.20. The lowest BCUT2D eigenvalue weighted by molar-refractivity contribution is 0.103. The van der Waals surface area contributed by atoms with Crippen molar-refractivity contribution in [2.45, 2.75) is 6.54 Å². The van der Waals surface area contributed by atoms with Gasteiger partial charge in [-0.05, 0) is 28.5 Å². The number of hydrogen-bond donors (Lipinski definition) is 1. The van der Waals surface area contributed by atoms with Gasteiger partial charge < -0.3 is 9.88 Å². The summed E-state index contributed by atoms with van der Waals surface area (Å²) in [7, 11) is 1.85. The Bertz CT molecular complexity index is 1220. The zero-order valence-electron chi connectivity index (χ0n) is 16.2. The van der Waals surface area contributed by atoms with E-state index < -0.39 is 0 Å². The van der Waals surface area contributed by atoms with E-state index in [2.05, 4.69) is 52.1 Å². The quantitative estimate of drug-likeness (QED) is 0.368. The molecule has 4 aromatic rings. The van der Waals surface area contributed by atoms with E-state index in [0.29, 0.717) is 17.7 Å². The molecule has 1 N–H and O–H groups in total. The van der Waals surface area contributed by atoms with Gasteiger partial charge in [-0.2, -0.15) is 0 Å². The van der Waals surface area contributed by atoms with Crippen LogP contribution in [-0.4, -0.2) is 17.4 Å². The molecule has 0 unspecified atom stereocenters. The topological polar surface area (TPSA) is 34.0 Å². The Kier molecular flexibility index (Phi) is 5.36. The Morgan fingerprint density at radius 3 is 2.55 bits per heavy atom. The van der Waals surface area contributed by atoms with Crippen molar-refractivity contribution in [3.8, 4) is 11.1 Å². The molecule has 0 aliphatic heterocycles. The molecule has 0 fully saturated rings. The molecule has 0 saturated heterocycles. The summed E-state index contributed by atoms with van der Waals surface area (Å²) in [5.74, 6) is 0.00283. The van der Waals surface area contributed by atoms with Gasteiger partial charge in [-0.15, -0.1) is 0 Å². The predicted molar refractivity (Wildman–Crippen MR) is 123 cm³/mol. The number of aromatic nitrogens is 1. The molecule has 4 rings (SSSR count). The summed E-state index contributed by atoms with van der Waals surface area (Å²) >= 11 is 3.47. The Morgan fingerprint density at radius 2 is 1.76 bits per heavy atom. The van der Waals surface area contributed by atoms with Crippen molar-refractivity contribution in [3.63, 3.8) is 0 Å². The molecule has 4 heteroatoms. The Hall–Kier alpha value is -3.11. The first kappa shape index (κ1) is 19.2. The van der Waals surface area contributed by atoms with Gasteiger partial charge in [-0.3, -0.25) is 4.79 Å². The Balaban J connectivity index is 1.90. The Morgan fingerprint density at radius 1 is 1.00 bits per heavy atom. The van der Waals surface area contributed by atoms with Gasteiger partial charge in [-0.1, -0.05) is 77.1 Å². The van der Waals surface area contributed by atoms with Crippen LogP contribution in [0.25, 0.3) is 21.9 Å². The molecule has 0 radical (unpaired) electrons. The van der Waals surface area contributed by atoms with Crippen molar-refractivity contribution >= 4 is 32.5 Å². The first-order chi connectivity index (χ1) is 14.1. The number of allylic oxidation sites excluding steroid dienone is 1. The van der Waals surface area contributed by atoms with Crippen molar-refractivity contribution in [1.29, 1.82) is 0 Å². The minimum atomic E-state index is 0.00283. The lowest BCUT2D eigenvalue weighted by Crippen LogP contribution is -2.10. The highest BCUT2D eigenvalue weighted by Crippen LogP contribution is 2.33. The summed E-state index contributed by atoms with van der Waals surface area (Å²) in [6, 6.07) is 22.0. The predicted octanol–water partition coefficient (Wildman–Crippen LogP) is 6.03. The van der Waals surface area contributed by atoms with Gasteiger partial charge >= 0.3 is 0 Å². The molecule has 0 amide bonds. The minimum absolute atomic E-state index is 0.00283. The molecule has 0 aliphatic carbocycles. The van der Waals surface area contributed by atoms with Gasteiger partial charge in [0.1, 0.15) is 0 Å². The maximum Gasteiger partial charge on any atom is 0.195 e. The van der Waals surface area contributed by atoms with Gasteiger partial charge in [0.2, 0.25) is 0 Å². The van der Waals surface area contributed by atoms with Crippen molar-refractivity contribution in [2.24, 2.45) is 0 Å². The van der Waals surface area contributed by atoms with Gasteiger partial charge in [0.25, 0.3) is 0 Å². The van der Waals surface area contributed by atoms with Crippen LogP contribution in [0.1, 0.15) is 15.9 Å². The molecule has 3 aromatic carbocycles. The number of halogens is 1. The van der Waals surface area contributed by atoms with Crippen LogP contribution >= 0.6 is 15.9 Å². The molecule has 0 aliphatic rings. The van der Waals surface area contributed by atoms with Crippen LogP contribution in [0.5, 0.6) is 0 Å². The third kappa shape index (κ3) is 3.89. The number of nitrogens with zero attached hydrogens (tertiary/aromatic N) is 1. The van der Waals surface area contributed by atoms with E-state index in [-0.39, 0.29) is 5.78 Å². The average Bonchev–Trinajstić information content (AvgIpc) is 3.16. The number of carbonyl (C=O) groups is 1. The van der Waals surface area contributed by atoms with E-state index in [0.717, 1.165) is 32.1 Å². The highest BCUT2D eigenvalue weighted by atomic mass is 79.9. The largest absolute Gasteiger partial charge is 0.390 e. The normalized spacial score (nSPS) is 10.8. The number of fused-ring (bicyclic) bond motifs is 1. The molecule has 3 nitrogen and oxygen atoms in total. The summed E-state index contributed by atoms with van der Waals surface area (Å²) in [6.45, 7) is 4.62. The van der Waals surface area contributed by atoms with Crippen LogP contribution in [0, 0.1) is 0 Å². The summed E-state index contributed by atoms with van der Waals surface area (Å²) in [5, 5.41) is 5.35. The van der Waals surface area contributed by atoms with Crippen molar-refractivity contribution < 1.29 is 4.79 Å². The smallest absolute Gasteiger partial charge is 0.195 e. The zero-order chi connectivity index (χ0) is 20.4. The molecule has 1 aromatic heterocycles. The lowest BCUT2D eigenvalue weighted by Gasteiger charge is -2.08. The zero-order valence-corrected chi connectivity index (χ0v) is 17.7. The minimum Gasteiger partial charge on any atom is -0.390 e. The molecule has 0 atom stereocenters. The number of nitrogens with one attached hydrogen (secondary N) is 1.